The van der Waals surface area contributed by atoms with E-state index in [4.69, 9.17) is 10.5 Å². The number of nitro groups is 1. The van der Waals surface area contributed by atoms with Crippen LogP contribution in [-0.2, 0) is 13.0 Å². The molecule has 0 atom stereocenters. The highest BCUT2D eigenvalue weighted by atomic mass is 16.6. The molecule has 2 aromatic carbocycles. The Kier molecular flexibility index (Phi) is 5.84. The number of nitrogens with two attached hydrogens (primary N) is 1. The largest absolute Gasteiger partial charge is 0.488 e. The average molecular weight is 328 g/mol. The zero-order valence-electron chi connectivity index (χ0n) is 12.7. The van der Waals surface area contributed by atoms with E-state index in [1.54, 1.807) is 12.1 Å². The van der Waals surface area contributed by atoms with Gasteiger partial charge in [-0.15, -0.1) is 0 Å². The number of ether oxygens (including phenoxy) is 1. The summed E-state index contributed by atoms with van der Waals surface area (Å²) in [6, 6.07) is 13.2. The van der Waals surface area contributed by atoms with Gasteiger partial charge < -0.3 is 10.5 Å². The molecule has 24 heavy (non-hydrogen) atoms. The van der Waals surface area contributed by atoms with Gasteiger partial charge in [-0.05, 0) is 11.6 Å². The molecule has 2 aromatic rings. The maximum Gasteiger partial charge on any atom is 0.332 e. The van der Waals surface area contributed by atoms with E-state index in [1.807, 2.05) is 35.8 Å². The Labute approximate surface area is 138 Å². The van der Waals surface area contributed by atoms with Crippen LogP contribution in [0.4, 0.5) is 10.5 Å². The third-order valence-corrected chi connectivity index (χ3v) is 3.10. The smallest absolute Gasteiger partial charge is 0.332 e. The zero-order chi connectivity index (χ0) is 17.4. The standard InChI is InChI=1S/C16H16N4O4/c17-16(21)19-18-10-9-13-14(20(22)23)7-4-8-15(13)24-11-12-5-2-1-3-6-12/h1-8,10H,9,11H2,(H3,17,19,21). The predicted octanol–water partition coefficient (Wildman–Crippen LogP) is 2.37. The Morgan fingerprint density at radius 2 is 2.00 bits per heavy atom. The van der Waals surface area contributed by atoms with Gasteiger partial charge in [0.05, 0.1) is 10.5 Å². The quantitative estimate of drug-likeness (QED) is 0.460. The molecule has 0 spiro atoms. The first-order valence-electron chi connectivity index (χ1n) is 7.08. The molecule has 3 N–H and O–H groups in total. The van der Waals surface area contributed by atoms with Crippen molar-refractivity contribution in [2.75, 3.05) is 0 Å². The van der Waals surface area contributed by atoms with Gasteiger partial charge in [0.15, 0.2) is 0 Å². The van der Waals surface area contributed by atoms with Crippen molar-refractivity contribution in [2.45, 2.75) is 13.0 Å². The fraction of sp³-hybridized carbons (Fsp3) is 0.125. The number of amides is 2. The Hall–Kier alpha value is -3.42. The third-order valence-electron chi connectivity index (χ3n) is 3.10. The summed E-state index contributed by atoms with van der Waals surface area (Å²) in [7, 11) is 0. The Balaban J connectivity index is 2.19. The number of carbonyl (C=O) groups excluding carboxylic acids is 1. The molecule has 0 aromatic heterocycles. The molecule has 8 heteroatoms. The molecule has 0 aliphatic rings. The van der Waals surface area contributed by atoms with Gasteiger partial charge in [-0.1, -0.05) is 36.4 Å². The van der Waals surface area contributed by atoms with Crippen LogP contribution in [0, 0.1) is 10.1 Å². The van der Waals surface area contributed by atoms with Crippen LogP contribution in [0.15, 0.2) is 53.6 Å². The molecule has 124 valence electrons. The van der Waals surface area contributed by atoms with Gasteiger partial charge in [-0.2, -0.15) is 5.10 Å². The minimum Gasteiger partial charge on any atom is -0.488 e. The second-order valence-electron chi connectivity index (χ2n) is 4.78. The van der Waals surface area contributed by atoms with Gasteiger partial charge in [0.1, 0.15) is 12.4 Å². The molecule has 0 heterocycles. The van der Waals surface area contributed by atoms with Crippen molar-refractivity contribution in [3.63, 3.8) is 0 Å². The van der Waals surface area contributed by atoms with E-state index in [0.717, 1.165) is 5.56 Å². The second kappa shape index (κ2) is 8.28. The lowest BCUT2D eigenvalue weighted by Crippen LogP contribution is -2.24. The number of hydrogen-bond donors (Lipinski definition) is 2. The first kappa shape index (κ1) is 16.9. The fourth-order valence-electron chi connectivity index (χ4n) is 2.05. The number of carbonyl (C=O) groups is 1. The lowest BCUT2D eigenvalue weighted by Gasteiger charge is -2.10. The van der Waals surface area contributed by atoms with E-state index in [0.29, 0.717) is 11.3 Å². The number of urea groups is 1. The highest BCUT2D eigenvalue weighted by Gasteiger charge is 2.17. The fourth-order valence-corrected chi connectivity index (χ4v) is 2.05. The summed E-state index contributed by atoms with van der Waals surface area (Å²) in [5.74, 6) is 0.388. The molecule has 8 nitrogen and oxygen atoms in total. The molecule has 0 bridgehead atoms. The van der Waals surface area contributed by atoms with Gasteiger partial charge in [-0.25, -0.2) is 10.2 Å². The third kappa shape index (κ3) is 4.80. The lowest BCUT2D eigenvalue weighted by molar-refractivity contribution is -0.385. The van der Waals surface area contributed by atoms with Gasteiger partial charge in [-0.3, -0.25) is 10.1 Å². The van der Waals surface area contributed by atoms with Crippen LogP contribution in [0.1, 0.15) is 11.1 Å². The van der Waals surface area contributed by atoms with E-state index >= 15 is 0 Å². The van der Waals surface area contributed by atoms with E-state index in [9.17, 15) is 14.9 Å². The van der Waals surface area contributed by atoms with Crippen molar-refractivity contribution in [2.24, 2.45) is 10.8 Å². The van der Waals surface area contributed by atoms with Gasteiger partial charge in [0.2, 0.25) is 0 Å². The van der Waals surface area contributed by atoms with Crippen LogP contribution in [0.3, 0.4) is 0 Å². The Morgan fingerprint density at radius 1 is 1.25 bits per heavy atom. The van der Waals surface area contributed by atoms with Crippen molar-refractivity contribution in [1.82, 2.24) is 5.43 Å². The van der Waals surface area contributed by atoms with Gasteiger partial charge in [0.25, 0.3) is 5.69 Å². The molecular formula is C16H16N4O4. The summed E-state index contributed by atoms with van der Waals surface area (Å²) >= 11 is 0. The Bertz CT molecular complexity index is 747. The minimum absolute atomic E-state index is 0.0777. The second-order valence-corrected chi connectivity index (χ2v) is 4.78. The maximum atomic E-state index is 11.2. The SMILES string of the molecule is NC(=O)NN=CCc1c(OCc2ccccc2)cccc1[N+](=O)[O-]. The van der Waals surface area contributed by atoms with Crippen LogP contribution in [0.2, 0.25) is 0 Å². The number of nitrogens with zero attached hydrogens (tertiary/aromatic N) is 2. The normalized spacial score (nSPS) is 10.5. The summed E-state index contributed by atoms with van der Waals surface area (Å²) in [5.41, 5.74) is 8.17. The molecule has 0 aliphatic heterocycles. The number of nitrogens with one attached hydrogen (secondary N) is 1. The number of benzene rings is 2. The van der Waals surface area contributed by atoms with Crippen molar-refractivity contribution in [3.05, 3.63) is 69.8 Å². The summed E-state index contributed by atoms with van der Waals surface area (Å²) in [4.78, 5) is 21.3. The first-order valence-corrected chi connectivity index (χ1v) is 7.08. The average Bonchev–Trinajstić information content (AvgIpc) is 2.57. The highest BCUT2D eigenvalue weighted by molar-refractivity contribution is 5.74. The van der Waals surface area contributed by atoms with Gasteiger partial charge in [0, 0.05) is 18.7 Å². The van der Waals surface area contributed by atoms with Crippen LogP contribution in [-0.4, -0.2) is 17.2 Å². The zero-order valence-corrected chi connectivity index (χ0v) is 12.7. The number of primary amides is 1. The van der Waals surface area contributed by atoms with Crippen molar-refractivity contribution >= 4 is 17.9 Å². The van der Waals surface area contributed by atoms with E-state index in [-0.39, 0.29) is 18.7 Å². The number of hydrogen-bond acceptors (Lipinski definition) is 5. The van der Waals surface area contributed by atoms with Crippen LogP contribution in [0.5, 0.6) is 5.75 Å². The van der Waals surface area contributed by atoms with Crippen molar-refractivity contribution < 1.29 is 14.5 Å². The van der Waals surface area contributed by atoms with E-state index in [1.165, 1.54) is 12.3 Å². The minimum atomic E-state index is -0.811. The van der Waals surface area contributed by atoms with E-state index < -0.39 is 11.0 Å². The molecule has 2 rings (SSSR count). The molecular weight excluding hydrogens is 312 g/mol. The molecule has 0 saturated heterocycles. The molecule has 0 fully saturated rings. The number of hydrazone groups is 1. The van der Waals surface area contributed by atoms with Crippen LogP contribution >= 0.6 is 0 Å². The summed E-state index contributed by atoms with van der Waals surface area (Å²) in [5, 5.41) is 14.8. The number of nitro benzene ring substituents is 1. The summed E-state index contributed by atoms with van der Waals surface area (Å²) < 4.78 is 5.71. The Morgan fingerprint density at radius 3 is 2.67 bits per heavy atom. The molecule has 0 aliphatic carbocycles. The lowest BCUT2D eigenvalue weighted by atomic mass is 10.1. The highest BCUT2D eigenvalue weighted by Crippen LogP contribution is 2.29. The molecule has 0 saturated carbocycles. The summed E-state index contributed by atoms with van der Waals surface area (Å²) in [6.45, 7) is 0.283. The summed E-state index contributed by atoms with van der Waals surface area (Å²) in [6.07, 6.45) is 1.43. The van der Waals surface area contributed by atoms with Gasteiger partial charge >= 0.3 is 6.03 Å². The van der Waals surface area contributed by atoms with Crippen molar-refractivity contribution in [3.8, 4) is 5.75 Å². The molecule has 0 unspecified atom stereocenters. The topological polar surface area (TPSA) is 120 Å². The maximum absolute atomic E-state index is 11.2. The monoisotopic (exact) mass is 328 g/mol. The number of rotatable bonds is 7. The van der Waals surface area contributed by atoms with Crippen LogP contribution in [0.25, 0.3) is 0 Å². The first-order chi connectivity index (χ1) is 11.6. The molecule has 2 amide bonds. The predicted molar refractivity (Wildman–Crippen MR) is 88.8 cm³/mol. The van der Waals surface area contributed by atoms with E-state index in [2.05, 4.69) is 5.10 Å². The van der Waals surface area contributed by atoms with Crippen molar-refractivity contribution in [1.29, 1.82) is 0 Å². The van der Waals surface area contributed by atoms with Crippen LogP contribution < -0.4 is 15.9 Å². The molecule has 0 radical (unpaired) electrons.